The minimum atomic E-state index is 0.903. The SMILES string of the molecule is Cc1cc(Br)cc(C)c1NCCn1ccnc1C. The molecule has 2 rings (SSSR count). The second-order valence-electron chi connectivity index (χ2n) is 4.51. The highest BCUT2D eigenvalue weighted by Crippen LogP contribution is 2.24. The molecule has 1 aromatic heterocycles. The fourth-order valence-corrected chi connectivity index (χ4v) is 2.82. The molecule has 4 heteroatoms. The first-order valence-corrected chi connectivity index (χ1v) is 6.85. The molecule has 0 fully saturated rings. The van der Waals surface area contributed by atoms with E-state index in [0.717, 1.165) is 23.4 Å². The summed E-state index contributed by atoms with van der Waals surface area (Å²) in [6.45, 7) is 8.11. The van der Waals surface area contributed by atoms with E-state index in [9.17, 15) is 0 Å². The summed E-state index contributed by atoms with van der Waals surface area (Å²) in [5, 5.41) is 3.50. The molecule has 0 atom stereocenters. The molecule has 0 saturated carbocycles. The van der Waals surface area contributed by atoms with E-state index in [-0.39, 0.29) is 0 Å². The molecule has 1 aromatic carbocycles. The highest BCUT2D eigenvalue weighted by molar-refractivity contribution is 9.10. The van der Waals surface area contributed by atoms with Gasteiger partial charge < -0.3 is 9.88 Å². The van der Waals surface area contributed by atoms with Crippen molar-refractivity contribution in [3.63, 3.8) is 0 Å². The van der Waals surface area contributed by atoms with Gasteiger partial charge in [-0.15, -0.1) is 0 Å². The number of aromatic nitrogens is 2. The van der Waals surface area contributed by atoms with Crippen LogP contribution in [0.15, 0.2) is 29.0 Å². The Bertz CT molecular complexity index is 523. The lowest BCUT2D eigenvalue weighted by Crippen LogP contribution is -2.12. The topological polar surface area (TPSA) is 29.9 Å². The Hall–Kier alpha value is -1.29. The van der Waals surface area contributed by atoms with Crippen molar-refractivity contribution in [3.05, 3.63) is 46.0 Å². The van der Waals surface area contributed by atoms with Gasteiger partial charge in [-0.25, -0.2) is 4.98 Å². The van der Waals surface area contributed by atoms with Gasteiger partial charge in [-0.2, -0.15) is 0 Å². The number of imidazole rings is 1. The van der Waals surface area contributed by atoms with Gasteiger partial charge in [-0.05, 0) is 44.0 Å². The zero-order chi connectivity index (χ0) is 13.1. The lowest BCUT2D eigenvalue weighted by molar-refractivity contribution is 0.700. The third-order valence-corrected chi connectivity index (χ3v) is 3.53. The number of nitrogens with zero attached hydrogens (tertiary/aromatic N) is 2. The molecule has 0 aliphatic heterocycles. The maximum Gasteiger partial charge on any atom is 0.105 e. The molecule has 96 valence electrons. The first-order valence-electron chi connectivity index (χ1n) is 6.06. The number of rotatable bonds is 4. The van der Waals surface area contributed by atoms with Gasteiger partial charge in [0.05, 0.1) is 0 Å². The summed E-state index contributed by atoms with van der Waals surface area (Å²) in [6.07, 6.45) is 3.85. The van der Waals surface area contributed by atoms with Gasteiger partial charge in [-0.1, -0.05) is 15.9 Å². The molecule has 0 aliphatic carbocycles. The van der Waals surface area contributed by atoms with Gasteiger partial charge in [0.25, 0.3) is 0 Å². The predicted molar refractivity (Wildman–Crippen MR) is 79.1 cm³/mol. The van der Waals surface area contributed by atoms with Crippen molar-refractivity contribution >= 4 is 21.6 Å². The van der Waals surface area contributed by atoms with E-state index in [1.165, 1.54) is 16.8 Å². The van der Waals surface area contributed by atoms with Crippen molar-refractivity contribution in [2.45, 2.75) is 27.3 Å². The molecular weight excluding hydrogens is 290 g/mol. The van der Waals surface area contributed by atoms with E-state index in [1.54, 1.807) is 0 Å². The molecule has 0 unspecified atom stereocenters. The molecular formula is C14H18BrN3. The van der Waals surface area contributed by atoms with Crippen molar-refractivity contribution in [3.8, 4) is 0 Å². The van der Waals surface area contributed by atoms with Gasteiger partial charge in [0.1, 0.15) is 5.82 Å². The highest BCUT2D eigenvalue weighted by Gasteiger charge is 2.04. The molecule has 2 aromatic rings. The summed E-state index contributed by atoms with van der Waals surface area (Å²) < 4.78 is 3.28. The van der Waals surface area contributed by atoms with Crippen LogP contribution in [0.25, 0.3) is 0 Å². The number of hydrogen-bond acceptors (Lipinski definition) is 2. The second kappa shape index (κ2) is 5.57. The van der Waals surface area contributed by atoms with Crippen molar-refractivity contribution in [2.24, 2.45) is 0 Å². The Labute approximate surface area is 116 Å². The van der Waals surface area contributed by atoms with E-state index in [0.29, 0.717) is 0 Å². The minimum absolute atomic E-state index is 0.903. The van der Waals surface area contributed by atoms with Crippen molar-refractivity contribution in [1.82, 2.24) is 9.55 Å². The lowest BCUT2D eigenvalue weighted by atomic mass is 10.1. The molecule has 0 bridgehead atoms. The highest BCUT2D eigenvalue weighted by atomic mass is 79.9. The monoisotopic (exact) mass is 307 g/mol. The number of halogens is 1. The van der Waals surface area contributed by atoms with Gasteiger partial charge in [0.2, 0.25) is 0 Å². The van der Waals surface area contributed by atoms with Gasteiger partial charge in [0.15, 0.2) is 0 Å². The summed E-state index contributed by atoms with van der Waals surface area (Å²) in [5.41, 5.74) is 3.77. The maximum atomic E-state index is 4.22. The fraction of sp³-hybridized carbons (Fsp3) is 0.357. The Kier molecular flexibility index (Phi) is 4.07. The summed E-state index contributed by atoms with van der Waals surface area (Å²) >= 11 is 3.52. The van der Waals surface area contributed by atoms with Crippen LogP contribution in [-0.2, 0) is 6.54 Å². The molecule has 1 heterocycles. The quantitative estimate of drug-likeness (QED) is 0.933. The predicted octanol–water partition coefficient (Wildman–Crippen LogP) is 3.68. The molecule has 0 radical (unpaired) electrons. The van der Waals surface area contributed by atoms with Crippen molar-refractivity contribution in [2.75, 3.05) is 11.9 Å². The van der Waals surface area contributed by atoms with E-state index < -0.39 is 0 Å². The largest absolute Gasteiger partial charge is 0.383 e. The van der Waals surface area contributed by atoms with Crippen molar-refractivity contribution in [1.29, 1.82) is 0 Å². The molecule has 0 amide bonds. The maximum absolute atomic E-state index is 4.22. The number of benzene rings is 1. The Morgan fingerprint density at radius 2 is 1.89 bits per heavy atom. The summed E-state index contributed by atoms with van der Waals surface area (Å²) in [7, 11) is 0. The van der Waals surface area contributed by atoms with Gasteiger partial charge >= 0.3 is 0 Å². The van der Waals surface area contributed by atoms with Gasteiger partial charge in [-0.3, -0.25) is 0 Å². The van der Waals surface area contributed by atoms with Crippen LogP contribution in [0.3, 0.4) is 0 Å². The normalized spacial score (nSPS) is 10.7. The average molecular weight is 308 g/mol. The van der Waals surface area contributed by atoms with Crippen LogP contribution < -0.4 is 5.32 Å². The van der Waals surface area contributed by atoms with Crippen LogP contribution >= 0.6 is 15.9 Å². The van der Waals surface area contributed by atoms with Crippen LogP contribution in [0.4, 0.5) is 5.69 Å². The molecule has 3 nitrogen and oxygen atoms in total. The van der Waals surface area contributed by atoms with Crippen LogP contribution in [0, 0.1) is 20.8 Å². The number of aryl methyl sites for hydroxylation is 3. The van der Waals surface area contributed by atoms with E-state index in [4.69, 9.17) is 0 Å². The first-order chi connectivity index (χ1) is 8.58. The number of hydrogen-bond donors (Lipinski definition) is 1. The molecule has 18 heavy (non-hydrogen) atoms. The third kappa shape index (κ3) is 2.93. The third-order valence-electron chi connectivity index (χ3n) is 3.08. The number of nitrogens with one attached hydrogen (secondary N) is 1. The minimum Gasteiger partial charge on any atom is -0.383 e. The fourth-order valence-electron chi connectivity index (χ4n) is 2.13. The summed E-state index contributed by atoms with van der Waals surface area (Å²) in [6, 6.07) is 4.27. The van der Waals surface area contributed by atoms with E-state index in [2.05, 4.69) is 56.8 Å². The van der Waals surface area contributed by atoms with Gasteiger partial charge in [0, 0.05) is 35.6 Å². The lowest BCUT2D eigenvalue weighted by Gasteiger charge is -2.14. The van der Waals surface area contributed by atoms with E-state index >= 15 is 0 Å². The average Bonchev–Trinajstić information content (AvgIpc) is 2.68. The summed E-state index contributed by atoms with van der Waals surface area (Å²) in [4.78, 5) is 4.22. The van der Waals surface area contributed by atoms with Crippen LogP contribution in [0.2, 0.25) is 0 Å². The zero-order valence-corrected chi connectivity index (χ0v) is 12.6. The second-order valence-corrected chi connectivity index (χ2v) is 5.42. The Morgan fingerprint density at radius 1 is 1.22 bits per heavy atom. The van der Waals surface area contributed by atoms with Crippen LogP contribution in [0.1, 0.15) is 17.0 Å². The van der Waals surface area contributed by atoms with E-state index in [1.807, 2.05) is 19.3 Å². The van der Waals surface area contributed by atoms with Crippen LogP contribution in [-0.4, -0.2) is 16.1 Å². The first kappa shape index (κ1) is 13.1. The smallest absolute Gasteiger partial charge is 0.105 e. The Morgan fingerprint density at radius 3 is 2.44 bits per heavy atom. The molecule has 0 saturated heterocycles. The Balaban J connectivity index is 2.01. The molecule has 1 N–H and O–H groups in total. The zero-order valence-electron chi connectivity index (χ0n) is 11.0. The standard InChI is InChI=1S/C14H18BrN3/c1-10-8-13(15)9-11(2)14(10)17-5-7-18-6-4-16-12(18)3/h4,6,8-9,17H,5,7H2,1-3H3. The molecule has 0 spiro atoms. The van der Waals surface area contributed by atoms with Crippen molar-refractivity contribution < 1.29 is 0 Å². The summed E-state index contributed by atoms with van der Waals surface area (Å²) in [5.74, 6) is 1.06. The number of anilines is 1. The molecule has 0 aliphatic rings. The van der Waals surface area contributed by atoms with Crippen LogP contribution in [0.5, 0.6) is 0 Å².